The van der Waals surface area contributed by atoms with Gasteiger partial charge in [0.1, 0.15) is 15.7 Å². The molecule has 0 fully saturated rings. The highest BCUT2D eigenvalue weighted by atomic mass is 32.1. The number of anilines is 1. The van der Waals surface area contributed by atoms with E-state index in [0.29, 0.717) is 16.3 Å². The molecule has 1 heterocycles. The highest BCUT2D eigenvalue weighted by Crippen LogP contribution is 2.29. The van der Waals surface area contributed by atoms with E-state index in [4.69, 9.17) is 0 Å². The zero-order valence-corrected chi connectivity index (χ0v) is 13.6. The van der Waals surface area contributed by atoms with Crippen LogP contribution in [0.25, 0.3) is 10.6 Å². The lowest BCUT2D eigenvalue weighted by molar-refractivity contribution is 0.102. The summed E-state index contributed by atoms with van der Waals surface area (Å²) in [5.41, 5.74) is 0.525. The summed E-state index contributed by atoms with van der Waals surface area (Å²) in [4.78, 5) is 16.7. The van der Waals surface area contributed by atoms with Crippen LogP contribution in [0.2, 0.25) is 0 Å². The van der Waals surface area contributed by atoms with Crippen LogP contribution in [-0.2, 0) is 0 Å². The number of amides is 1. The van der Waals surface area contributed by atoms with Gasteiger partial charge in [-0.2, -0.15) is 0 Å². The second kappa shape index (κ2) is 6.64. The van der Waals surface area contributed by atoms with Gasteiger partial charge < -0.3 is 5.32 Å². The third kappa shape index (κ3) is 3.39. The van der Waals surface area contributed by atoms with Crippen LogP contribution in [0.5, 0.6) is 0 Å². The number of aryl methyl sites for hydroxylation is 1. The van der Waals surface area contributed by atoms with Crippen molar-refractivity contribution in [2.45, 2.75) is 6.92 Å². The molecule has 128 valence electrons. The Kier molecular flexibility index (Phi) is 4.54. The van der Waals surface area contributed by atoms with Crippen LogP contribution in [-0.4, -0.2) is 10.9 Å². The first kappa shape index (κ1) is 17.1. The van der Waals surface area contributed by atoms with Crippen molar-refractivity contribution in [1.82, 2.24) is 4.98 Å². The van der Waals surface area contributed by atoms with E-state index in [0.717, 1.165) is 23.5 Å². The molecule has 3 nitrogen and oxygen atoms in total. The topological polar surface area (TPSA) is 42.0 Å². The van der Waals surface area contributed by atoms with Gasteiger partial charge in [0.05, 0.1) is 11.4 Å². The number of aromatic nitrogens is 1. The van der Waals surface area contributed by atoms with E-state index in [9.17, 15) is 22.4 Å². The molecule has 3 rings (SSSR count). The van der Waals surface area contributed by atoms with Crippen molar-refractivity contribution < 1.29 is 22.4 Å². The number of carbonyl (C=O) groups is 1. The van der Waals surface area contributed by atoms with Crippen molar-refractivity contribution in [2.75, 3.05) is 5.32 Å². The standard InChI is InChI=1S/C17H10F4N2OS/c1-8-15(25-17(22-8)9-2-4-10(18)5-3-9)16(24)23-12-7-6-11(19)13(20)14(12)21/h2-7H,1H3,(H,23,24). The SMILES string of the molecule is Cc1nc(-c2ccc(F)cc2)sc1C(=O)Nc1ccc(F)c(F)c1F. The molecule has 25 heavy (non-hydrogen) atoms. The fourth-order valence-corrected chi connectivity index (χ4v) is 3.09. The van der Waals surface area contributed by atoms with Crippen LogP contribution in [0, 0.1) is 30.2 Å². The monoisotopic (exact) mass is 366 g/mol. The molecule has 0 bridgehead atoms. The molecule has 0 radical (unpaired) electrons. The molecule has 0 unspecified atom stereocenters. The van der Waals surface area contributed by atoms with Gasteiger partial charge in [-0.1, -0.05) is 0 Å². The molecular formula is C17H10F4N2OS. The van der Waals surface area contributed by atoms with Crippen LogP contribution < -0.4 is 5.32 Å². The lowest BCUT2D eigenvalue weighted by Gasteiger charge is -2.06. The smallest absolute Gasteiger partial charge is 0.267 e. The molecule has 1 aromatic heterocycles. The van der Waals surface area contributed by atoms with E-state index in [1.807, 2.05) is 0 Å². The van der Waals surface area contributed by atoms with E-state index >= 15 is 0 Å². The number of nitrogens with zero attached hydrogens (tertiary/aromatic N) is 1. The van der Waals surface area contributed by atoms with E-state index in [1.54, 1.807) is 6.92 Å². The molecule has 0 saturated heterocycles. The Hall–Kier alpha value is -2.74. The zero-order chi connectivity index (χ0) is 18.1. The number of thiazole rings is 1. The second-order valence-corrected chi connectivity index (χ2v) is 6.12. The van der Waals surface area contributed by atoms with Crippen molar-refractivity contribution in [3.05, 3.63) is 70.2 Å². The molecular weight excluding hydrogens is 356 g/mol. The molecule has 0 atom stereocenters. The van der Waals surface area contributed by atoms with Gasteiger partial charge >= 0.3 is 0 Å². The molecule has 0 saturated carbocycles. The summed E-state index contributed by atoms with van der Waals surface area (Å²) >= 11 is 1.02. The number of benzene rings is 2. The van der Waals surface area contributed by atoms with Gasteiger partial charge in [-0.25, -0.2) is 22.5 Å². The Bertz CT molecular complexity index is 954. The van der Waals surface area contributed by atoms with Crippen molar-refractivity contribution in [2.24, 2.45) is 0 Å². The number of nitrogens with one attached hydrogen (secondary N) is 1. The maximum absolute atomic E-state index is 13.7. The molecule has 2 aromatic carbocycles. The second-order valence-electron chi connectivity index (χ2n) is 5.12. The van der Waals surface area contributed by atoms with Gasteiger partial charge in [0, 0.05) is 5.56 Å². The van der Waals surface area contributed by atoms with Gasteiger partial charge in [-0.05, 0) is 43.3 Å². The minimum absolute atomic E-state index is 0.184. The first-order valence-electron chi connectivity index (χ1n) is 7.05. The van der Waals surface area contributed by atoms with Crippen molar-refractivity contribution in [1.29, 1.82) is 0 Å². The predicted octanol–water partition coefficient (Wildman–Crippen LogP) is 4.93. The van der Waals surface area contributed by atoms with E-state index in [-0.39, 0.29) is 4.88 Å². The molecule has 0 aliphatic rings. The van der Waals surface area contributed by atoms with Crippen LogP contribution >= 0.6 is 11.3 Å². The molecule has 8 heteroatoms. The largest absolute Gasteiger partial charge is 0.319 e. The molecule has 1 N–H and O–H groups in total. The summed E-state index contributed by atoms with van der Waals surface area (Å²) in [6.07, 6.45) is 0. The third-order valence-electron chi connectivity index (χ3n) is 3.38. The van der Waals surface area contributed by atoms with Crippen LogP contribution in [0.3, 0.4) is 0 Å². The Morgan fingerprint density at radius 2 is 1.68 bits per heavy atom. The summed E-state index contributed by atoms with van der Waals surface area (Å²) in [5.74, 6) is -5.58. The number of hydrogen-bond donors (Lipinski definition) is 1. The Labute approximate surface area is 144 Å². The zero-order valence-electron chi connectivity index (χ0n) is 12.7. The molecule has 3 aromatic rings. The minimum Gasteiger partial charge on any atom is -0.319 e. The first-order valence-corrected chi connectivity index (χ1v) is 7.86. The Morgan fingerprint density at radius 3 is 2.36 bits per heavy atom. The van der Waals surface area contributed by atoms with E-state index in [2.05, 4.69) is 10.3 Å². The quantitative estimate of drug-likeness (QED) is 0.528. The average molecular weight is 366 g/mol. The Balaban J connectivity index is 1.88. The van der Waals surface area contributed by atoms with E-state index < -0.39 is 34.9 Å². The average Bonchev–Trinajstić information content (AvgIpc) is 2.98. The van der Waals surface area contributed by atoms with Crippen molar-refractivity contribution in [3.8, 4) is 10.6 Å². The predicted molar refractivity (Wildman–Crippen MR) is 86.5 cm³/mol. The van der Waals surface area contributed by atoms with Gasteiger partial charge in [0.2, 0.25) is 0 Å². The maximum atomic E-state index is 13.7. The minimum atomic E-state index is -1.66. The fraction of sp³-hybridized carbons (Fsp3) is 0.0588. The highest BCUT2D eigenvalue weighted by Gasteiger charge is 2.20. The van der Waals surface area contributed by atoms with Crippen LogP contribution in [0.1, 0.15) is 15.4 Å². The molecule has 0 aliphatic carbocycles. The number of halogens is 4. The van der Waals surface area contributed by atoms with E-state index in [1.165, 1.54) is 24.3 Å². The fourth-order valence-electron chi connectivity index (χ4n) is 2.12. The first-order chi connectivity index (χ1) is 11.9. The van der Waals surface area contributed by atoms with Crippen molar-refractivity contribution >= 4 is 22.9 Å². The van der Waals surface area contributed by atoms with Gasteiger partial charge in [-0.3, -0.25) is 4.79 Å². The summed E-state index contributed by atoms with van der Waals surface area (Å²) < 4.78 is 52.8. The number of rotatable bonds is 3. The molecule has 0 aliphatic heterocycles. The van der Waals surface area contributed by atoms with Gasteiger partial charge in [0.15, 0.2) is 17.5 Å². The Morgan fingerprint density at radius 1 is 1.00 bits per heavy atom. The molecule has 0 spiro atoms. The maximum Gasteiger partial charge on any atom is 0.267 e. The summed E-state index contributed by atoms with van der Waals surface area (Å²) in [7, 11) is 0. The van der Waals surface area contributed by atoms with Crippen LogP contribution in [0.15, 0.2) is 36.4 Å². The van der Waals surface area contributed by atoms with Gasteiger partial charge in [-0.15, -0.1) is 11.3 Å². The molecule has 1 amide bonds. The van der Waals surface area contributed by atoms with Crippen molar-refractivity contribution in [3.63, 3.8) is 0 Å². The van der Waals surface area contributed by atoms with Gasteiger partial charge in [0.25, 0.3) is 5.91 Å². The normalized spacial score (nSPS) is 10.8. The highest BCUT2D eigenvalue weighted by molar-refractivity contribution is 7.17. The third-order valence-corrected chi connectivity index (χ3v) is 4.58. The summed E-state index contributed by atoms with van der Waals surface area (Å²) in [5, 5.41) is 2.68. The number of hydrogen-bond acceptors (Lipinski definition) is 3. The lowest BCUT2D eigenvalue weighted by atomic mass is 10.2. The summed E-state index contributed by atoms with van der Waals surface area (Å²) in [6.45, 7) is 1.58. The summed E-state index contributed by atoms with van der Waals surface area (Å²) in [6, 6.07) is 7.22. The lowest BCUT2D eigenvalue weighted by Crippen LogP contribution is -2.13. The van der Waals surface area contributed by atoms with Crippen LogP contribution in [0.4, 0.5) is 23.2 Å². The number of carbonyl (C=O) groups excluding carboxylic acids is 1.